The van der Waals surface area contributed by atoms with Crippen molar-refractivity contribution in [3.05, 3.63) is 41.2 Å². The van der Waals surface area contributed by atoms with Gasteiger partial charge in [-0.1, -0.05) is 12.1 Å². The standard InChI is InChI=1S/C13H17N5O2S/c1-9-10(2)16-17-13(15-9)18-21(19,20)12-5-3-11(4-6-12)7-8-14/h3-6H,7-8,14H2,1-2H3,(H,15,17,18). The number of nitrogens with one attached hydrogen (secondary N) is 1. The van der Waals surface area contributed by atoms with E-state index in [1.807, 2.05) is 0 Å². The highest BCUT2D eigenvalue weighted by Crippen LogP contribution is 2.14. The zero-order valence-corrected chi connectivity index (χ0v) is 12.7. The van der Waals surface area contributed by atoms with E-state index in [1.54, 1.807) is 26.0 Å². The van der Waals surface area contributed by atoms with E-state index in [9.17, 15) is 8.42 Å². The average molecular weight is 307 g/mol. The minimum absolute atomic E-state index is 0.0378. The Morgan fingerprint density at radius 3 is 2.33 bits per heavy atom. The first-order chi connectivity index (χ1) is 9.92. The Labute approximate surface area is 123 Å². The Bertz CT molecular complexity index is 729. The number of anilines is 1. The summed E-state index contributed by atoms with van der Waals surface area (Å²) in [5.41, 5.74) is 7.73. The van der Waals surface area contributed by atoms with Gasteiger partial charge in [-0.3, -0.25) is 0 Å². The molecule has 0 aliphatic carbocycles. The largest absolute Gasteiger partial charge is 0.330 e. The average Bonchev–Trinajstić information content (AvgIpc) is 2.44. The first-order valence-electron chi connectivity index (χ1n) is 6.42. The molecule has 0 radical (unpaired) electrons. The molecule has 8 heteroatoms. The van der Waals surface area contributed by atoms with Crippen LogP contribution < -0.4 is 10.5 Å². The summed E-state index contributed by atoms with van der Waals surface area (Å²) in [5, 5.41) is 7.57. The van der Waals surface area contributed by atoms with Crippen LogP contribution in [-0.2, 0) is 16.4 Å². The van der Waals surface area contributed by atoms with E-state index in [-0.39, 0.29) is 10.8 Å². The summed E-state index contributed by atoms with van der Waals surface area (Å²) in [6, 6.07) is 6.53. The van der Waals surface area contributed by atoms with E-state index in [0.717, 1.165) is 5.56 Å². The minimum atomic E-state index is -3.72. The van der Waals surface area contributed by atoms with Gasteiger partial charge in [-0.25, -0.2) is 18.1 Å². The van der Waals surface area contributed by atoms with Crippen LogP contribution in [0.2, 0.25) is 0 Å². The smallest absolute Gasteiger partial charge is 0.264 e. The number of benzene rings is 1. The van der Waals surface area contributed by atoms with Crippen LogP contribution in [0.5, 0.6) is 0 Å². The van der Waals surface area contributed by atoms with E-state index in [4.69, 9.17) is 5.73 Å². The van der Waals surface area contributed by atoms with Gasteiger partial charge in [-0.05, 0) is 44.5 Å². The zero-order valence-electron chi connectivity index (χ0n) is 11.9. The maximum absolute atomic E-state index is 12.2. The monoisotopic (exact) mass is 307 g/mol. The summed E-state index contributed by atoms with van der Waals surface area (Å²) < 4.78 is 26.8. The van der Waals surface area contributed by atoms with Crippen LogP contribution in [0.15, 0.2) is 29.2 Å². The van der Waals surface area contributed by atoms with Crippen LogP contribution in [0.4, 0.5) is 5.95 Å². The SMILES string of the molecule is Cc1nnc(NS(=O)(=O)c2ccc(CCN)cc2)nc1C. The molecule has 2 rings (SSSR count). The minimum Gasteiger partial charge on any atom is -0.330 e. The first kappa shape index (κ1) is 15.3. The van der Waals surface area contributed by atoms with Crippen molar-refractivity contribution in [1.29, 1.82) is 0 Å². The molecule has 0 spiro atoms. The van der Waals surface area contributed by atoms with Crippen molar-refractivity contribution in [3.63, 3.8) is 0 Å². The van der Waals surface area contributed by atoms with Gasteiger partial charge in [0.1, 0.15) is 0 Å². The molecular weight excluding hydrogens is 290 g/mol. The topological polar surface area (TPSA) is 111 Å². The Morgan fingerprint density at radius 1 is 1.10 bits per heavy atom. The predicted octanol–water partition coefficient (Wildman–Crippen LogP) is 0.790. The molecule has 0 saturated heterocycles. The second kappa shape index (κ2) is 6.15. The highest BCUT2D eigenvalue weighted by molar-refractivity contribution is 7.92. The molecule has 21 heavy (non-hydrogen) atoms. The molecule has 0 amide bonds. The molecule has 112 valence electrons. The van der Waals surface area contributed by atoms with Gasteiger partial charge in [-0.15, -0.1) is 5.10 Å². The summed E-state index contributed by atoms with van der Waals surface area (Å²) >= 11 is 0. The fraction of sp³-hybridized carbons (Fsp3) is 0.308. The predicted molar refractivity (Wildman–Crippen MR) is 79.3 cm³/mol. The molecule has 1 aromatic carbocycles. The molecule has 2 aromatic rings. The molecule has 3 N–H and O–H groups in total. The van der Waals surface area contributed by atoms with Gasteiger partial charge in [0.05, 0.1) is 16.3 Å². The third-order valence-electron chi connectivity index (χ3n) is 2.98. The maximum Gasteiger partial charge on any atom is 0.264 e. The third-order valence-corrected chi connectivity index (χ3v) is 4.33. The summed E-state index contributed by atoms with van der Waals surface area (Å²) in [4.78, 5) is 4.19. The molecule has 1 aromatic heterocycles. The van der Waals surface area contributed by atoms with Crippen LogP contribution in [0.1, 0.15) is 17.0 Å². The first-order valence-corrected chi connectivity index (χ1v) is 7.90. The van der Waals surface area contributed by atoms with E-state index in [2.05, 4.69) is 19.9 Å². The lowest BCUT2D eigenvalue weighted by Crippen LogP contribution is -2.16. The molecule has 0 aliphatic heterocycles. The Hall–Kier alpha value is -2.06. The van der Waals surface area contributed by atoms with E-state index in [0.29, 0.717) is 24.4 Å². The highest BCUT2D eigenvalue weighted by Gasteiger charge is 2.16. The normalized spacial score (nSPS) is 11.4. The van der Waals surface area contributed by atoms with Crippen molar-refractivity contribution < 1.29 is 8.42 Å². The highest BCUT2D eigenvalue weighted by atomic mass is 32.2. The van der Waals surface area contributed by atoms with E-state index >= 15 is 0 Å². The number of sulfonamides is 1. The molecule has 1 heterocycles. The fourth-order valence-corrected chi connectivity index (χ4v) is 2.62. The van der Waals surface area contributed by atoms with Crippen molar-refractivity contribution in [2.45, 2.75) is 25.2 Å². The summed E-state index contributed by atoms with van der Waals surface area (Å²) in [6.45, 7) is 4.01. The lowest BCUT2D eigenvalue weighted by Gasteiger charge is -2.08. The van der Waals surface area contributed by atoms with Crippen molar-refractivity contribution in [2.75, 3.05) is 11.3 Å². The van der Waals surface area contributed by atoms with Gasteiger partial charge in [0.15, 0.2) is 0 Å². The zero-order chi connectivity index (χ0) is 15.5. The molecule has 0 aliphatic rings. The summed E-state index contributed by atoms with van der Waals surface area (Å²) in [6.07, 6.45) is 0.706. The summed E-state index contributed by atoms with van der Waals surface area (Å²) in [5.74, 6) is -0.0378. The van der Waals surface area contributed by atoms with Crippen molar-refractivity contribution in [3.8, 4) is 0 Å². The van der Waals surface area contributed by atoms with Crippen LogP contribution in [0, 0.1) is 13.8 Å². The number of hydrogen-bond acceptors (Lipinski definition) is 6. The lowest BCUT2D eigenvalue weighted by molar-refractivity contribution is 0.600. The van der Waals surface area contributed by atoms with E-state index in [1.165, 1.54) is 12.1 Å². The summed E-state index contributed by atoms with van der Waals surface area (Å²) in [7, 11) is -3.72. The second-order valence-corrected chi connectivity index (χ2v) is 6.28. The number of nitrogens with two attached hydrogens (primary N) is 1. The maximum atomic E-state index is 12.2. The number of nitrogens with zero attached hydrogens (tertiary/aromatic N) is 3. The van der Waals surface area contributed by atoms with Crippen molar-refractivity contribution in [2.24, 2.45) is 5.73 Å². The Kier molecular flexibility index (Phi) is 4.49. The Balaban J connectivity index is 2.23. The van der Waals surface area contributed by atoms with E-state index < -0.39 is 10.0 Å². The number of rotatable bonds is 5. The van der Waals surface area contributed by atoms with Crippen LogP contribution >= 0.6 is 0 Å². The molecule has 0 saturated carbocycles. The van der Waals surface area contributed by atoms with Crippen molar-refractivity contribution >= 4 is 16.0 Å². The quantitative estimate of drug-likeness (QED) is 0.845. The van der Waals surface area contributed by atoms with Gasteiger partial charge in [0, 0.05) is 0 Å². The van der Waals surface area contributed by atoms with Gasteiger partial charge in [-0.2, -0.15) is 5.10 Å². The van der Waals surface area contributed by atoms with Gasteiger partial charge < -0.3 is 5.73 Å². The molecule has 0 unspecified atom stereocenters. The van der Waals surface area contributed by atoms with Gasteiger partial charge in [0.25, 0.3) is 16.0 Å². The number of aromatic nitrogens is 3. The van der Waals surface area contributed by atoms with Gasteiger partial charge >= 0.3 is 0 Å². The van der Waals surface area contributed by atoms with Crippen LogP contribution in [0.3, 0.4) is 0 Å². The molecule has 0 atom stereocenters. The molecule has 0 fully saturated rings. The van der Waals surface area contributed by atoms with Crippen molar-refractivity contribution in [1.82, 2.24) is 15.2 Å². The fourth-order valence-electron chi connectivity index (χ4n) is 1.68. The Morgan fingerprint density at radius 2 is 1.76 bits per heavy atom. The molecule has 7 nitrogen and oxygen atoms in total. The third kappa shape index (κ3) is 3.73. The number of hydrogen-bond donors (Lipinski definition) is 2. The van der Waals surface area contributed by atoms with Crippen LogP contribution in [0.25, 0.3) is 0 Å². The lowest BCUT2D eigenvalue weighted by atomic mass is 10.2. The number of aryl methyl sites for hydroxylation is 2. The molecular formula is C13H17N5O2S. The molecule has 0 bridgehead atoms. The van der Waals surface area contributed by atoms with Crippen LogP contribution in [-0.4, -0.2) is 30.1 Å². The second-order valence-electron chi connectivity index (χ2n) is 4.59. The van der Waals surface area contributed by atoms with Gasteiger partial charge in [0.2, 0.25) is 0 Å².